The molecular weight excluding hydrogens is 354 g/mol. The number of amides is 2. The predicted molar refractivity (Wildman–Crippen MR) is 111 cm³/mol. The van der Waals surface area contributed by atoms with Crippen LogP contribution in [0.1, 0.15) is 42.5 Å². The van der Waals surface area contributed by atoms with E-state index in [0.29, 0.717) is 31.2 Å². The van der Waals surface area contributed by atoms with Crippen molar-refractivity contribution in [3.63, 3.8) is 0 Å². The summed E-state index contributed by atoms with van der Waals surface area (Å²) < 4.78 is 5.91. The summed E-state index contributed by atoms with van der Waals surface area (Å²) >= 11 is 0. The normalized spacial score (nSPS) is 19.0. The highest BCUT2D eigenvalue weighted by molar-refractivity contribution is 5.95. The van der Waals surface area contributed by atoms with Crippen LogP contribution in [0, 0.1) is 0 Å². The number of benzene rings is 1. The van der Waals surface area contributed by atoms with Crippen molar-refractivity contribution in [2.24, 2.45) is 0 Å². The Morgan fingerprint density at radius 1 is 1.29 bits per heavy atom. The van der Waals surface area contributed by atoms with Crippen LogP contribution in [-0.4, -0.2) is 68.0 Å². The zero-order valence-corrected chi connectivity index (χ0v) is 17.2. The molecule has 0 N–H and O–H groups in total. The second kappa shape index (κ2) is 8.67. The van der Waals surface area contributed by atoms with Gasteiger partial charge in [-0.25, -0.2) is 0 Å². The Morgan fingerprint density at radius 2 is 2.00 bits per heavy atom. The average molecular weight is 386 g/mol. The van der Waals surface area contributed by atoms with Crippen LogP contribution >= 0.6 is 0 Å². The van der Waals surface area contributed by atoms with E-state index in [1.54, 1.807) is 25.1 Å². The number of nitrogens with zero attached hydrogens (tertiary/aromatic N) is 3. The molecule has 2 aliphatic rings. The topological polar surface area (TPSA) is 53.1 Å². The second-order valence-corrected chi connectivity index (χ2v) is 7.93. The molecule has 1 aliphatic carbocycles. The molecule has 1 aliphatic heterocycles. The van der Waals surface area contributed by atoms with Gasteiger partial charge in [0.1, 0.15) is 12.4 Å². The first-order valence-electron chi connectivity index (χ1n) is 10.0. The third-order valence-corrected chi connectivity index (χ3v) is 5.79. The summed E-state index contributed by atoms with van der Waals surface area (Å²) in [6.45, 7) is 4.88. The van der Waals surface area contributed by atoms with Gasteiger partial charge in [-0.3, -0.25) is 9.59 Å². The van der Waals surface area contributed by atoms with Gasteiger partial charge in [-0.1, -0.05) is 18.9 Å². The van der Waals surface area contributed by atoms with E-state index in [1.165, 1.54) is 12.8 Å². The minimum Gasteiger partial charge on any atom is -0.489 e. The summed E-state index contributed by atoms with van der Waals surface area (Å²) in [5, 5.41) is 0. The molecule has 1 fully saturated rings. The van der Waals surface area contributed by atoms with E-state index >= 15 is 0 Å². The fraction of sp³-hybridized carbons (Fsp3) is 0.545. The average Bonchev–Trinajstić information content (AvgIpc) is 3.21. The maximum absolute atomic E-state index is 13.0. The van der Waals surface area contributed by atoms with Gasteiger partial charge in [0, 0.05) is 39.3 Å². The van der Waals surface area contributed by atoms with Crippen LogP contribution in [0.4, 0.5) is 5.69 Å². The van der Waals surface area contributed by atoms with Crippen LogP contribution in [0.25, 0.3) is 0 Å². The molecule has 0 unspecified atom stereocenters. The number of hydrogen-bond acceptors (Lipinski definition) is 4. The SMILES string of the molecule is C=CCN(C(=O)C[C@@H]1COc2ccc(C(=O)N(C)C)cc2N1C)C1CCCC1. The lowest BCUT2D eigenvalue weighted by atomic mass is 10.1. The highest BCUT2D eigenvalue weighted by Crippen LogP contribution is 2.35. The lowest BCUT2D eigenvalue weighted by Crippen LogP contribution is -2.46. The number of rotatable bonds is 6. The highest BCUT2D eigenvalue weighted by atomic mass is 16.5. The Kier molecular flexibility index (Phi) is 6.27. The first-order chi connectivity index (χ1) is 13.4. The lowest BCUT2D eigenvalue weighted by Gasteiger charge is -2.37. The second-order valence-electron chi connectivity index (χ2n) is 7.93. The monoisotopic (exact) mass is 385 g/mol. The molecule has 0 spiro atoms. The van der Waals surface area contributed by atoms with E-state index in [2.05, 4.69) is 11.5 Å². The van der Waals surface area contributed by atoms with Gasteiger partial charge in [0.25, 0.3) is 5.91 Å². The molecule has 1 atom stereocenters. The Hall–Kier alpha value is -2.50. The van der Waals surface area contributed by atoms with Crippen LogP contribution < -0.4 is 9.64 Å². The van der Waals surface area contributed by atoms with Crippen LogP contribution in [0.3, 0.4) is 0 Å². The van der Waals surface area contributed by atoms with Crippen molar-refractivity contribution in [3.05, 3.63) is 36.4 Å². The molecule has 1 saturated carbocycles. The molecule has 3 rings (SSSR count). The van der Waals surface area contributed by atoms with E-state index in [-0.39, 0.29) is 17.9 Å². The number of anilines is 1. The Morgan fingerprint density at radius 3 is 2.64 bits per heavy atom. The smallest absolute Gasteiger partial charge is 0.253 e. The zero-order valence-electron chi connectivity index (χ0n) is 17.2. The Balaban J connectivity index is 1.74. The standard InChI is InChI=1S/C22H31N3O3/c1-5-12-25(17-8-6-7-9-17)21(26)14-18-15-28-20-11-10-16(22(27)23(2)3)13-19(20)24(18)4/h5,10-11,13,17-18H,1,6-9,12,14-15H2,2-4H3/t18-/m1/s1. The summed E-state index contributed by atoms with van der Waals surface area (Å²) in [7, 11) is 5.44. The molecule has 0 aromatic heterocycles. The third-order valence-electron chi connectivity index (χ3n) is 5.79. The Labute approximate surface area is 167 Å². The van der Waals surface area contributed by atoms with Crippen molar-refractivity contribution >= 4 is 17.5 Å². The predicted octanol–water partition coefficient (Wildman–Crippen LogP) is 2.93. The summed E-state index contributed by atoms with van der Waals surface area (Å²) in [6.07, 6.45) is 6.74. The molecule has 0 bridgehead atoms. The van der Waals surface area contributed by atoms with E-state index in [4.69, 9.17) is 4.74 Å². The van der Waals surface area contributed by atoms with Gasteiger partial charge >= 0.3 is 0 Å². The van der Waals surface area contributed by atoms with Gasteiger partial charge < -0.3 is 19.4 Å². The maximum atomic E-state index is 13.0. The first-order valence-corrected chi connectivity index (χ1v) is 10.0. The molecule has 1 aromatic carbocycles. The van der Waals surface area contributed by atoms with E-state index < -0.39 is 0 Å². The van der Waals surface area contributed by atoms with Crippen LogP contribution in [0.2, 0.25) is 0 Å². The highest BCUT2D eigenvalue weighted by Gasteiger charge is 2.32. The van der Waals surface area contributed by atoms with Gasteiger partial charge in [0.2, 0.25) is 5.91 Å². The third kappa shape index (κ3) is 4.16. The molecular formula is C22H31N3O3. The van der Waals surface area contributed by atoms with Crippen molar-refractivity contribution in [1.29, 1.82) is 0 Å². The van der Waals surface area contributed by atoms with Crippen molar-refractivity contribution in [2.45, 2.75) is 44.2 Å². The maximum Gasteiger partial charge on any atom is 0.253 e. The Bertz CT molecular complexity index is 741. The van der Waals surface area contributed by atoms with E-state index in [9.17, 15) is 9.59 Å². The fourth-order valence-corrected chi connectivity index (χ4v) is 4.12. The van der Waals surface area contributed by atoms with Crippen molar-refractivity contribution in [1.82, 2.24) is 9.80 Å². The van der Waals surface area contributed by atoms with Crippen LogP contribution in [0.15, 0.2) is 30.9 Å². The van der Waals surface area contributed by atoms with Gasteiger partial charge in [0.15, 0.2) is 0 Å². The quantitative estimate of drug-likeness (QED) is 0.707. The molecule has 152 valence electrons. The summed E-state index contributed by atoms with van der Waals surface area (Å²) in [4.78, 5) is 31.0. The van der Waals surface area contributed by atoms with Crippen molar-refractivity contribution in [3.8, 4) is 5.75 Å². The number of likely N-dealkylation sites (N-methyl/N-ethyl adjacent to an activating group) is 1. The molecule has 0 saturated heterocycles. The van der Waals surface area contributed by atoms with Gasteiger partial charge in [0.05, 0.1) is 18.2 Å². The van der Waals surface area contributed by atoms with Gasteiger partial charge in [-0.05, 0) is 31.0 Å². The largest absolute Gasteiger partial charge is 0.489 e. The first kappa shape index (κ1) is 20.2. The number of ether oxygens (including phenoxy) is 1. The van der Waals surface area contributed by atoms with Gasteiger partial charge in [-0.2, -0.15) is 0 Å². The molecule has 6 nitrogen and oxygen atoms in total. The molecule has 28 heavy (non-hydrogen) atoms. The van der Waals surface area contributed by atoms with Crippen molar-refractivity contribution in [2.75, 3.05) is 39.2 Å². The number of carbonyl (C=O) groups excluding carboxylic acids is 2. The van der Waals surface area contributed by atoms with Crippen molar-refractivity contribution < 1.29 is 14.3 Å². The molecule has 2 amide bonds. The zero-order chi connectivity index (χ0) is 20.3. The number of fused-ring (bicyclic) bond motifs is 1. The summed E-state index contributed by atoms with van der Waals surface area (Å²) in [6, 6.07) is 5.75. The molecule has 1 aromatic rings. The molecule has 1 heterocycles. The van der Waals surface area contributed by atoms with E-state index in [0.717, 1.165) is 24.3 Å². The number of hydrogen-bond donors (Lipinski definition) is 0. The molecule has 0 radical (unpaired) electrons. The number of carbonyl (C=O) groups is 2. The summed E-state index contributed by atoms with van der Waals surface area (Å²) in [5.41, 5.74) is 1.47. The summed E-state index contributed by atoms with van der Waals surface area (Å²) in [5.74, 6) is 0.851. The minimum absolute atomic E-state index is 0.0483. The van der Waals surface area contributed by atoms with Crippen LogP contribution in [0.5, 0.6) is 5.75 Å². The minimum atomic E-state index is -0.0570. The lowest BCUT2D eigenvalue weighted by molar-refractivity contribution is -0.133. The van der Waals surface area contributed by atoms with E-state index in [1.807, 2.05) is 30.2 Å². The fourth-order valence-electron chi connectivity index (χ4n) is 4.12. The van der Waals surface area contributed by atoms with Gasteiger partial charge in [-0.15, -0.1) is 6.58 Å². The molecule has 6 heteroatoms. The van der Waals surface area contributed by atoms with Crippen LogP contribution in [-0.2, 0) is 4.79 Å².